The highest BCUT2D eigenvalue weighted by molar-refractivity contribution is 6.02. The fourth-order valence-electron chi connectivity index (χ4n) is 2.67. The second-order valence-corrected chi connectivity index (χ2v) is 5.50. The molecule has 1 aliphatic heterocycles. The van der Waals surface area contributed by atoms with E-state index in [9.17, 15) is 4.79 Å². The number of fused-ring (bicyclic) bond motifs is 1. The lowest BCUT2D eigenvalue weighted by Gasteiger charge is -2.33. The normalized spacial score (nSPS) is 16.6. The predicted octanol–water partition coefficient (Wildman–Crippen LogP) is 3.08. The summed E-state index contributed by atoms with van der Waals surface area (Å²) in [6.45, 7) is 0. The average Bonchev–Trinajstić information content (AvgIpc) is 2.69. The van der Waals surface area contributed by atoms with Crippen LogP contribution in [-0.2, 0) is 0 Å². The molecule has 0 radical (unpaired) electrons. The van der Waals surface area contributed by atoms with Crippen LogP contribution in [0.2, 0.25) is 0 Å². The Morgan fingerprint density at radius 3 is 2.48 bits per heavy atom. The van der Waals surface area contributed by atoms with E-state index < -0.39 is 6.17 Å². The quantitative estimate of drug-likeness (QED) is 0.750. The molecule has 1 aromatic carbocycles. The van der Waals surface area contributed by atoms with E-state index in [-0.39, 0.29) is 5.91 Å². The Kier molecular flexibility index (Phi) is 3.92. The monoisotopic (exact) mass is 329 g/mol. The number of hydrogen-bond donors (Lipinski definition) is 1. The van der Waals surface area contributed by atoms with Crippen molar-refractivity contribution in [3.05, 3.63) is 90.0 Å². The first-order valence-corrected chi connectivity index (χ1v) is 7.88. The Hall–Kier alpha value is -3.54. The molecule has 0 aliphatic carbocycles. The van der Waals surface area contributed by atoms with E-state index in [0.29, 0.717) is 17.0 Å². The van der Waals surface area contributed by atoms with Gasteiger partial charge in [0.1, 0.15) is 0 Å². The Morgan fingerprint density at radius 1 is 0.960 bits per heavy atom. The zero-order valence-electron chi connectivity index (χ0n) is 13.3. The highest BCUT2D eigenvalue weighted by Gasteiger charge is 2.33. The number of aromatic nitrogens is 2. The molecule has 122 valence electrons. The summed E-state index contributed by atoms with van der Waals surface area (Å²) in [5.41, 5.74) is 2.73. The first-order chi connectivity index (χ1) is 12.3. The number of hydrogen-bond acceptors (Lipinski definition) is 5. The van der Waals surface area contributed by atoms with Crippen LogP contribution in [0.3, 0.4) is 0 Å². The summed E-state index contributed by atoms with van der Waals surface area (Å²) in [5, 5.41) is 9.13. The van der Waals surface area contributed by atoms with Gasteiger partial charge in [-0.15, -0.1) is 0 Å². The Labute approximate surface area is 144 Å². The Bertz CT molecular complexity index is 911. The van der Waals surface area contributed by atoms with Gasteiger partial charge in [-0.3, -0.25) is 14.8 Å². The number of anilines is 1. The van der Waals surface area contributed by atoms with Crippen molar-refractivity contribution in [1.29, 1.82) is 0 Å². The van der Waals surface area contributed by atoms with Crippen molar-refractivity contribution in [2.45, 2.75) is 6.17 Å². The molecule has 1 atom stereocenters. The number of rotatable bonds is 3. The maximum atomic E-state index is 12.9. The fourth-order valence-corrected chi connectivity index (χ4v) is 2.67. The molecule has 1 unspecified atom stereocenters. The van der Waals surface area contributed by atoms with Gasteiger partial charge in [0, 0.05) is 18.1 Å². The summed E-state index contributed by atoms with van der Waals surface area (Å²) in [6.07, 6.45) is 4.47. The third-order valence-electron chi connectivity index (χ3n) is 3.87. The number of para-hydroxylation sites is 1. The van der Waals surface area contributed by atoms with Crippen molar-refractivity contribution in [1.82, 2.24) is 15.0 Å². The molecule has 4 rings (SSSR count). The van der Waals surface area contributed by atoms with Crippen LogP contribution in [0.1, 0.15) is 27.9 Å². The standard InChI is InChI=1S/C19H15N5O/c25-19-15-8-1-2-9-16(15)23-18(17-10-4-6-12-21-17)24(19)22-13-14-7-3-5-11-20-14/h1-13,18,23H/b22-13+. The highest BCUT2D eigenvalue weighted by Crippen LogP contribution is 2.32. The molecule has 0 fully saturated rings. The van der Waals surface area contributed by atoms with Crippen LogP contribution in [0.15, 0.2) is 78.2 Å². The lowest BCUT2D eigenvalue weighted by molar-refractivity contribution is 0.0688. The topological polar surface area (TPSA) is 70.5 Å². The summed E-state index contributed by atoms with van der Waals surface area (Å²) in [4.78, 5) is 21.5. The highest BCUT2D eigenvalue weighted by atomic mass is 16.2. The maximum absolute atomic E-state index is 12.9. The molecular formula is C19H15N5O. The third-order valence-corrected chi connectivity index (χ3v) is 3.87. The zero-order chi connectivity index (χ0) is 17.1. The molecule has 6 heteroatoms. The molecule has 2 aromatic heterocycles. The van der Waals surface area contributed by atoms with Gasteiger partial charge in [-0.2, -0.15) is 5.10 Å². The third kappa shape index (κ3) is 2.97. The van der Waals surface area contributed by atoms with Gasteiger partial charge in [0.15, 0.2) is 6.17 Å². The molecule has 25 heavy (non-hydrogen) atoms. The van der Waals surface area contributed by atoms with Crippen LogP contribution in [0.4, 0.5) is 5.69 Å². The van der Waals surface area contributed by atoms with Gasteiger partial charge >= 0.3 is 0 Å². The van der Waals surface area contributed by atoms with Gasteiger partial charge in [-0.1, -0.05) is 24.3 Å². The molecule has 3 heterocycles. The summed E-state index contributed by atoms with van der Waals surface area (Å²) in [5.74, 6) is -0.183. The van der Waals surface area contributed by atoms with Gasteiger partial charge in [0.05, 0.1) is 23.2 Å². The minimum Gasteiger partial charge on any atom is -0.358 e. The number of carbonyl (C=O) groups is 1. The minimum absolute atomic E-state index is 0.183. The molecule has 1 N–H and O–H groups in total. The van der Waals surface area contributed by atoms with E-state index in [1.54, 1.807) is 24.7 Å². The van der Waals surface area contributed by atoms with Gasteiger partial charge in [-0.25, -0.2) is 5.01 Å². The van der Waals surface area contributed by atoms with E-state index in [2.05, 4.69) is 20.4 Å². The van der Waals surface area contributed by atoms with Gasteiger partial charge in [-0.05, 0) is 36.4 Å². The van der Waals surface area contributed by atoms with E-state index in [4.69, 9.17) is 0 Å². The maximum Gasteiger partial charge on any atom is 0.278 e. The molecule has 0 spiro atoms. The van der Waals surface area contributed by atoms with Crippen molar-refractivity contribution in [3.8, 4) is 0 Å². The van der Waals surface area contributed by atoms with Crippen molar-refractivity contribution in [3.63, 3.8) is 0 Å². The van der Waals surface area contributed by atoms with Gasteiger partial charge in [0.25, 0.3) is 5.91 Å². The molecule has 0 saturated carbocycles. The van der Waals surface area contributed by atoms with Crippen molar-refractivity contribution in [2.75, 3.05) is 5.32 Å². The van der Waals surface area contributed by atoms with E-state index in [1.165, 1.54) is 5.01 Å². The first-order valence-electron chi connectivity index (χ1n) is 7.88. The Morgan fingerprint density at radius 2 is 1.72 bits per heavy atom. The van der Waals surface area contributed by atoms with Crippen molar-refractivity contribution >= 4 is 17.8 Å². The van der Waals surface area contributed by atoms with Crippen LogP contribution in [0.25, 0.3) is 0 Å². The van der Waals surface area contributed by atoms with Crippen LogP contribution < -0.4 is 5.32 Å². The molecule has 1 amide bonds. The number of nitrogens with zero attached hydrogens (tertiary/aromatic N) is 4. The number of amides is 1. The predicted molar refractivity (Wildman–Crippen MR) is 95.0 cm³/mol. The number of pyridine rings is 2. The molecule has 6 nitrogen and oxygen atoms in total. The lowest BCUT2D eigenvalue weighted by atomic mass is 10.1. The zero-order valence-corrected chi connectivity index (χ0v) is 13.3. The van der Waals surface area contributed by atoms with Crippen molar-refractivity contribution < 1.29 is 4.79 Å². The van der Waals surface area contributed by atoms with Crippen molar-refractivity contribution in [2.24, 2.45) is 5.10 Å². The average molecular weight is 329 g/mol. The second-order valence-electron chi connectivity index (χ2n) is 5.50. The van der Waals surface area contributed by atoms with E-state index >= 15 is 0 Å². The number of hydrazone groups is 1. The van der Waals surface area contributed by atoms with Crippen LogP contribution in [0, 0.1) is 0 Å². The molecular weight excluding hydrogens is 314 g/mol. The largest absolute Gasteiger partial charge is 0.358 e. The lowest BCUT2D eigenvalue weighted by Crippen LogP contribution is -2.40. The molecule has 1 aliphatic rings. The van der Waals surface area contributed by atoms with E-state index in [0.717, 1.165) is 5.69 Å². The molecule has 3 aromatic rings. The Balaban J connectivity index is 1.75. The van der Waals surface area contributed by atoms with Crippen LogP contribution in [-0.4, -0.2) is 27.1 Å². The second kappa shape index (κ2) is 6.52. The molecule has 0 saturated heterocycles. The van der Waals surface area contributed by atoms with Crippen LogP contribution in [0.5, 0.6) is 0 Å². The SMILES string of the molecule is O=C1c2ccccc2NC(c2ccccn2)N1/N=C/c1ccccn1. The summed E-state index contributed by atoms with van der Waals surface area (Å²) in [6, 6.07) is 18.5. The summed E-state index contributed by atoms with van der Waals surface area (Å²) in [7, 11) is 0. The van der Waals surface area contributed by atoms with E-state index in [1.807, 2.05) is 54.6 Å². The number of carbonyl (C=O) groups excluding carboxylic acids is 1. The van der Waals surface area contributed by atoms with Crippen LogP contribution >= 0.6 is 0 Å². The molecule has 0 bridgehead atoms. The van der Waals surface area contributed by atoms with Gasteiger partial charge in [0.2, 0.25) is 0 Å². The first kappa shape index (κ1) is 15.0. The van der Waals surface area contributed by atoms with Gasteiger partial charge < -0.3 is 5.32 Å². The summed E-state index contributed by atoms with van der Waals surface area (Å²) < 4.78 is 0. The number of nitrogens with one attached hydrogen (secondary N) is 1. The smallest absolute Gasteiger partial charge is 0.278 e. The minimum atomic E-state index is -0.483. The summed E-state index contributed by atoms with van der Waals surface area (Å²) >= 11 is 0. The number of benzene rings is 1. The fraction of sp³-hybridized carbons (Fsp3) is 0.0526.